The Balaban J connectivity index is 2.22. The van der Waals surface area contributed by atoms with Crippen molar-refractivity contribution in [1.29, 1.82) is 0 Å². The van der Waals surface area contributed by atoms with Crippen LogP contribution in [-0.4, -0.2) is 21.8 Å². The zero-order valence-electron chi connectivity index (χ0n) is 11.6. The number of benzene rings is 1. The van der Waals surface area contributed by atoms with Crippen LogP contribution in [0.15, 0.2) is 24.5 Å². The molecule has 0 aliphatic carbocycles. The van der Waals surface area contributed by atoms with Crippen molar-refractivity contribution in [1.82, 2.24) is 20.1 Å². The van der Waals surface area contributed by atoms with E-state index in [9.17, 15) is 8.78 Å². The van der Waals surface area contributed by atoms with Gasteiger partial charge < -0.3 is 5.32 Å². The first-order chi connectivity index (χ1) is 9.65. The van der Waals surface area contributed by atoms with Crippen LogP contribution in [0.2, 0.25) is 0 Å². The second-order valence-electron chi connectivity index (χ2n) is 4.61. The maximum Gasteiger partial charge on any atom is 0.138 e. The molecule has 1 atom stereocenters. The second kappa shape index (κ2) is 6.56. The molecule has 1 aromatic heterocycles. The Hall–Kier alpha value is -1.82. The number of aryl methyl sites for hydroxylation is 1. The molecule has 6 heteroatoms. The van der Waals surface area contributed by atoms with E-state index in [0.717, 1.165) is 24.9 Å². The summed E-state index contributed by atoms with van der Waals surface area (Å²) in [6, 6.07) is 3.36. The number of nitrogens with one attached hydrogen (secondary N) is 1. The van der Waals surface area contributed by atoms with Crippen LogP contribution in [0, 0.1) is 11.6 Å². The lowest BCUT2D eigenvalue weighted by molar-refractivity contribution is 0.491. The van der Waals surface area contributed by atoms with Gasteiger partial charge in [-0.3, -0.25) is 4.68 Å². The molecule has 0 bridgehead atoms. The molecular formula is C14H18F2N4. The first kappa shape index (κ1) is 14.6. The molecule has 0 saturated heterocycles. The van der Waals surface area contributed by atoms with Crippen LogP contribution in [0.1, 0.15) is 30.8 Å². The minimum absolute atomic E-state index is 0.268. The highest BCUT2D eigenvalue weighted by Crippen LogP contribution is 2.21. The fourth-order valence-corrected chi connectivity index (χ4v) is 2.18. The molecule has 0 radical (unpaired) electrons. The van der Waals surface area contributed by atoms with E-state index in [4.69, 9.17) is 0 Å². The summed E-state index contributed by atoms with van der Waals surface area (Å²) in [4.78, 5) is 4.21. The molecular weight excluding hydrogens is 262 g/mol. The Labute approximate surface area is 116 Å². The van der Waals surface area contributed by atoms with Crippen LogP contribution in [0.4, 0.5) is 8.78 Å². The number of hydrogen-bond acceptors (Lipinski definition) is 3. The van der Waals surface area contributed by atoms with Crippen LogP contribution >= 0.6 is 0 Å². The second-order valence-corrected chi connectivity index (χ2v) is 4.61. The molecule has 0 spiro atoms. The summed E-state index contributed by atoms with van der Waals surface area (Å²) in [5.74, 6) is -0.337. The highest BCUT2D eigenvalue weighted by molar-refractivity contribution is 5.23. The number of rotatable bonds is 6. The molecule has 0 aliphatic rings. The molecule has 4 nitrogen and oxygen atoms in total. The standard InChI is InChI=1S/C14H18F2N4/c1-3-6-20-14(18-9-19-20)8-13(17-2)11-5-4-10(15)7-12(11)16/h4-5,7,9,13,17H,3,6,8H2,1-2H3. The Bertz CT molecular complexity index is 568. The molecule has 0 saturated carbocycles. The topological polar surface area (TPSA) is 42.7 Å². The average molecular weight is 280 g/mol. The largest absolute Gasteiger partial charge is 0.313 e. The van der Waals surface area contributed by atoms with E-state index in [1.165, 1.54) is 18.5 Å². The molecule has 0 fully saturated rings. The summed E-state index contributed by atoms with van der Waals surface area (Å²) in [6.45, 7) is 2.83. The SMILES string of the molecule is CCCn1ncnc1CC(NC)c1ccc(F)cc1F. The third-order valence-electron chi connectivity index (χ3n) is 3.20. The fraction of sp³-hybridized carbons (Fsp3) is 0.429. The third kappa shape index (κ3) is 3.19. The smallest absolute Gasteiger partial charge is 0.138 e. The molecule has 1 N–H and O–H groups in total. The number of aromatic nitrogens is 3. The van der Waals surface area contributed by atoms with E-state index in [1.54, 1.807) is 7.05 Å². The van der Waals surface area contributed by atoms with Crippen molar-refractivity contribution in [2.24, 2.45) is 0 Å². The predicted molar refractivity (Wildman–Crippen MR) is 72.2 cm³/mol. The zero-order chi connectivity index (χ0) is 14.5. The Morgan fingerprint density at radius 3 is 2.80 bits per heavy atom. The fourth-order valence-electron chi connectivity index (χ4n) is 2.18. The van der Waals surface area contributed by atoms with E-state index in [2.05, 4.69) is 22.3 Å². The molecule has 2 rings (SSSR count). The van der Waals surface area contributed by atoms with E-state index >= 15 is 0 Å². The van der Waals surface area contributed by atoms with Gasteiger partial charge in [0.05, 0.1) is 0 Å². The van der Waals surface area contributed by atoms with E-state index < -0.39 is 11.6 Å². The molecule has 2 aromatic rings. The van der Waals surface area contributed by atoms with Gasteiger partial charge in [0, 0.05) is 30.6 Å². The van der Waals surface area contributed by atoms with Gasteiger partial charge in [0.15, 0.2) is 0 Å². The minimum atomic E-state index is -0.574. The third-order valence-corrected chi connectivity index (χ3v) is 3.20. The van der Waals surface area contributed by atoms with Gasteiger partial charge in [-0.15, -0.1) is 0 Å². The van der Waals surface area contributed by atoms with Crippen LogP contribution in [-0.2, 0) is 13.0 Å². The highest BCUT2D eigenvalue weighted by Gasteiger charge is 2.18. The van der Waals surface area contributed by atoms with Crippen molar-refractivity contribution in [3.05, 3.63) is 47.5 Å². The maximum absolute atomic E-state index is 13.8. The van der Waals surface area contributed by atoms with Crippen LogP contribution < -0.4 is 5.32 Å². The van der Waals surface area contributed by atoms with Crippen molar-refractivity contribution in [2.75, 3.05) is 7.05 Å². The van der Waals surface area contributed by atoms with Crippen LogP contribution in [0.25, 0.3) is 0 Å². The first-order valence-electron chi connectivity index (χ1n) is 6.64. The lowest BCUT2D eigenvalue weighted by atomic mass is 10.0. The number of halogens is 2. The average Bonchev–Trinajstić information content (AvgIpc) is 2.84. The van der Waals surface area contributed by atoms with Gasteiger partial charge in [0.25, 0.3) is 0 Å². The Morgan fingerprint density at radius 2 is 2.15 bits per heavy atom. The molecule has 1 unspecified atom stereocenters. The number of nitrogens with zero attached hydrogens (tertiary/aromatic N) is 3. The molecule has 1 heterocycles. The van der Waals surface area contributed by atoms with Crippen LogP contribution in [0.3, 0.4) is 0 Å². The monoisotopic (exact) mass is 280 g/mol. The van der Waals surface area contributed by atoms with Gasteiger partial charge in [0.1, 0.15) is 23.8 Å². The van der Waals surface area contributed by atoms with Crippen molar-refractivity contribution < 1.29 is 8.78 Å². The quantitative estimate of drug-likeness (QED) is 0.884. The summed E-state index contributed by atoms with van der Waals surface area (Å²) in [7, 11) is 1.74. The minimum Gasteiger partial charge on any atom is -0.313 e. The van der Waals surface area contributed by atoms with Gasteiger partial charge in [-0.2, -0.15) is 5.10 Å². The lowest BCUT2D eigenvalue weighted by Crippen LogP contribution is -2.22. The van der Waals surface area contributed by atoms with E-state index in [0.29, 0.717) is 12.0 Å². The Kier molecular flexibility index (Phi) is 4.79. The van der Waals surface area contributed by atoms with Gasteiger partial charge >= 0.3 is 0 Å². The lowest BCUT2D eigenvalue weighted by Gasteiger charge is -2.17. The highest BCUT2D eigenvalue weighted by atomic mass is 19.1. The summed E-state index contributed by atoms with van der Waals surface area (Å²) >= 11 is 0. The zero-order valence-corrected chi connectivity index (χ0v) is 11.6. The molecule has 108 valence electrons. The maximum atomic E-state index is 13.8. The predicted octanol–water partition coefficient (Wildman–Crippen LogP) is 2.47. The van der Waals surface area contributed by atoms with Crippen molar-refractivity contribution in [3.8, 4) is 0 Å². The van der Waals surface area contributed by atoms with Gasteiger partial charge in [-0.25, -0.2) is 13.8 Å². The molecule has 20 heavy (non-hydrogen) atoms. The van der Waals surface area contributed by atoms with Crippen LogP contribution in [0.5, 0.6) is 0 Å². The van der Waals surface area contributed by atoms with Crippen molar-refractivity contribution in [3.63, 3.8) is 0 Å². The van der Waals surface area contributed by atoms with Gasteiger partial charge in [0.2, 0.25) is 0 Å². The van der Waals surface area contributed by atoms with Gasteiger partial charge in [-0.1, -0.05) is 13.0 Å². The van der Waals surface area contributed by atoms with Gasteiger partial charge in [-0.05, 0) is 19.5 Å². The van der Waals surface area contributed by atoms with Crippen molar-refractivity contribution in [2.45, 2.75) is 32.4 Å². The summed E-state index contributed by atoms with van der Waals surface area (Å²) in [5.41, 5.74) is 0.431. The number of likely N-dealkylation sites (N-methyl/N-ethyl adjacent to an activating group) is 1. The summed E-state index contributed by atoms with van der Waals surface area (Å²) < 4.78 is 28.6. The molecule has 0 aliphatic heterocycles. The molecule has 1 aromatic carbocycles. The summed E-state index contributed by atoms with van der Waals surface area (Å²) in [6.07, 6.45) is 2.95. The summed E-state index contributed by atoms with van der Waals surface area (Å²) in [5, 5.41) is 7.19. The van der Waals surface area contributed by atoms with E-state index in [1.807, 2.05) is 4.68 Å². The van der Waals surface area contributed by atoms with E-state index in [-0.39, 0.29) is 6.04 Å². The normalized spacial score (nSPS) is 12.6. The first-order valence-corrected chi connectivity index (χ1v) is 6.64. The van der Waals surface area contributed by atoms with Crippen molar-refractivity contribution >= 4 is 0 Å². The Morgan fingerprint density at radius 1 is 1.35 bits per heavy atom. The number of hydrogen-bond donors (Lipinski definition) is 1. The molecule has 0 amide bonds.